The molecule has 0 aliphatic carbocycles. The van der Waals surface area contributed by atoms with Gasteiger partial charge in [-0.2, -0.15) is 0 Å². The molecule has 5 heteroatoms. The minimum Gasteiger partial charge on any atom is -0.484 e. The number of hydrogen-bond donors (Lipinski definition) is 1. The molecule has 2 aromatic carbocycles. The van der Waals surface area contributed by atoms with Crippen LogP contribution in [0.5, 0.6) is 5.75 Å². The first-order valence-corrected chi connectivity index (χ1v) is 8.07. The van der Waals surface area contributed by atoms with Gasteiger partial charge < -0.3 is 15.0 Å². The highest BCUT2D eigenvalue weighted by atomic mass is 16.5. The average molecular weight is 324 g/mol. The summed E-state index contributed by atoms with van der Waals surface area (Å²) in [4.78, 5) is 26.5. The molecule has 1 fully saturated rings. The Morgan fingerprint density at radius 1 is 1.04 bits per heavy atom. The predicted molar refractivity (Wildman–Crippen MR) is 91.7 cm³/mol. The number of hydrogen-bond acceptors (Lipinski definition) is 3. The Labute approximate surface area is 141 Å². The Bertz CT molecular complexity index is 688. The van der Waals surface area contributed by atoms with Gasteiger partial charge in [0.2, 0.25) is 5.91 Å². The van der Waals surface area contributed by atoms with Crippen LogP contribution in [0.25, 0.3) is 0 Å². The van der Waals surface area contributed by atoms with E-state index in [1.165, 1.54) is 0 Å². The van der Waals surface area contributed by atoms with Crippen molar-refractivity contribution in [1.29, 1.82) is 0 Å². The van der Waals surface area contributed by atoms with Crippen LogP contribution < -0.4 is 10.1 Å². The number of likely N-dealkylation sites (tertiary alicyclic amines) is 1. The number of carbonyl (C=O) groups excluding carboxylic acids is 2. The zero-order chi connectivity index (χ0) is 16.8. The molecule has 1 aliphatic rings. The molecule has 5 nitrogen and oxygen atoms in total. The van der Waals surface area contributed by atoms with Crippen LogP contribution in [0.2, 0.25) is 0 Å². The zero-order valence-electron chi connectivity index (χ0n) is 13.4. The SMILES string of the molecule is O=C(Nc1ccccc1)[C@@H]1CCCN1C(=O)COc1ccccc1. The van der Waals surface area contributed by atoms with E-state index in [1.54, 1.807) is 17.0 Å². The number of anilines is 1. The molecule has 2 amide bonds. The van der Waals surface area contributed by atoms with Crippen LogP contribution in [-0.4, -0.2) is 35.9 Å². The maximum absolute atomic E-state index is 12.5. The molecular weight excluding hydrogens is 304 g/mol. The molecule has 1 heterocycles. The summed E-state index contributed by atoms with van der Waals surface area (Å²) < 4.78 is 5.50. The summed E-state index contributed by atoms with van der Waals surface area (Å²) in [7, 11) is 0. The van der Waals surface area contributed by atoms with Crippen molar-refractivity contribution in [2.45, 2.75) is 18.9 Å². The molecule has 24 heavy (non-hydrogen) atoms. The summed E-state index contributed by atoms with van der Waals surface area (Å²) in [6.07, 6.45) is 1.50. The highest BCUT2D eigenvalue weighted by molar-refractivity contribution is 5.97. The van der Waals surface area contributed by atoms with Gasteiger partial charge in [-0.05, 0) is 37.1 Å². The highest BCUT2D eigenvalue weighted by Gasteiger charge is 2.34. The Balaban J connectivity index is 1.58. The van der Waals surface area contributed by atoms with Crippen molar-refractivity contribution in [2.24, 2.45) is 0 Å². The largest absolute Gasteiger partial charge is 0.484 e. The van der Waals surface area contributed by atoms with E-state index in [0.717, 1.165) is 12.1 Å². The zero-order valence-corrected chi connectivity index (χ0v) is 13.4. The van der Waals surface area contributed by atoms with E-state index >= 15 is 0 Å². The van der Waals surface area contributed by atoms with Gasteiger partial charge in [-0.1, -0.05) is 36.4 Å². The summed E-state index contributed by atoms with van der Waals surface area (Å²) in [6.45, 7) is 0.531. The second-order valence-corrected chi connectivity index (χ2v) is 5.70. The van der Waals surface area contributed by atoms with Gasteiger partial charge in [-0.3, -0.25) is 9.59 Å². The van der Waals surface area contributed by atoms with Crippen molar-refractivity contribution >= 4 is 17.5 Å². The summed E-state index contributed by atoms with van der Waals surface area (Å²) in [6, 6.07) is 18.0. The molecule has 1 N–H and O–H groups in total. The van der Waals surface area contributed by atoms with Crippen molar-refractivity contribution in [3.05, 3.63) is 60.7 Å². The lowest BCUT2D eigenvalue weighted by molar-refractivity contribution is -0.138. The molecule has 1 saturated heterocycles. The number of benzene rings is 2. The van der Waals surface area contributed by atoms with Gasteiger partial charge in [0, 0.05) is 12.2 Å². The minimum atomic E-state index is -0.433. The lowest BCUT2D eigenvalue weighted by Gasteiger charge is -2.24. The first kappa shape index (κ1) is 16.1. The number of amides is 2. The second-order valence-electron chi connectivity index (χ2n) is 5.70. The van der Waals surface area contributed by atoms with Crippen molar-refractivity contribution in [2.75, 3.05) is 18.5 Å². The Hall–Kier alpha value is -2.82. The van der Waals surface area contributed by atoms with Crippen molar-refractivity contribution in [3.8, 4) is 5.75 Å². The number of nitrogens with one attached hydrogen (secondary N) is 1. The van der Waals surface area contributed by atoms with Crippen molar-refractivity contribution in [3.63, 3.8) is 0 Å². The lowest BCUT2D eigenvalue weighted by atomic mass is 10.2. The fourth-order valence-corrected chi connectivity index (χ4v) is 2.83. The lowest BCUT2D eigenvalue weighted by Crippen LogP contribution is -2.45. The number of nitrogens with zero attached hydrogens (tertiary/aromatic N) is 1. The second kappa shape index (κ2) is 7.64. The molecule has 0 bridgehead atoms. The molecule has 0 saturated carbocycles. The maximum atomic E-state index is 12.5. The van der Waals surface area contributed by atoms with Crippen LogP contribution in [0.3, 0.4) is 0 Å². The van der Waals surface area contributed by atoms with E-state index in [2.05, 4.69) is 5.32 Å². The molecule has 124 valence electrons. The van der Waals surface area contributed by atoms with Crippen LogP contribution in [0, 0.1) is 0 Å². The van der Waals surface area contributed by atoms with E-state index in [4.69, 9.17) is 4.74 Å². The van der Waals surface area contributed by atoms with Gasteiger partial charge >= 0.3 is 0 Å². The quantitative estimate of drug-likeness (QED) is 0.920. The van der Waals surface area contributed by atoms with Crippen molar-refractivity contribution in [1.82, 2.24) is 4.90 Å². The van der Waals surface area contributed by atoms with Gasteiger partial charge in [-0.15, -0.1) is 0 Å². The number of ether oxygens (including phenoxy) is 1. The first-order chi connectivity index (χ1) is 11.7. The van der Waals surface area contributed by atoms with E-state index in [9.17, 15) is 9.59 Å². The molecule has 1 atom stereocenters. The maximum Gasteiger partial charge on any atom is 0.261 e. The molecule has 1 aliphatic heterocycles. The third-order valence-corrected chi connectivity index (χ3v) is 4.02. The number of para-hydroxylation sites is 2. The topological polar surface area (TPSA) is 58.6 Å². The van der Waals surface area contributed by atoms with Crippen LogP contribution in [0.1, 0.15) is 12.8 Å². The third kappa shape index (κ3) is 3.93. The van der Waals surface area contributed by atoms with Gasteiger partial charge in [0.05, 0.1) is 0 Å². The predicted octanol–water partition coefficient (Wildman–Crippen LogP) is 2.70. The first-order valence-electron chi connectivity index (χ1n) is 8.07. The average Bonchev–Trinajstić information content (AvgIpc) is 3.11. The van der Waals surface area contributed by atoms with Crippen LogP contribution in [-0.2, 0) is 9.59 Å². The molecule has 0 unspecified atom stereocenters. The molecule has 0 spiro atoms. The number of carbonyl (C=O) groups is 2. The molecule has 0 radical (unpaired) electrons. The smallest absolute Gasteiger partial charge is 0.261 e. The van der Waals surface area contributed by atoms with E-state index < -0.39 is 6.04 Å². The standard InChI is InChI=1S/C19H20N2O3/c22-18(14-24-16-10-5-2-6-11-16)21-13-7-12-17(21)19(23)20-15-8-3-1-4-9-15/h1-6,8-11,17H,7,12-14H2,(H,20,23)/t17-/m0/s1. The number of rotatable bonds is 5. The van der Waals surface area contributed by atoms with Crippen LogP contribution in [0.4, 0.5) is 5.69 Å². The van der Waals surface area contributed by atoms with Crippen molar-refractivity contribution < 1.29 is 14.3 Å². The van der Waals surface area contributed by atoms with E-state index in [0.29, 0.717) is 18.7 Å². The monoisotopic (exact) mass is 324 g/mol. The molecule has 2 aromatic rings. The van der Waals surface area contributed by atoms with Crippen LogP contribution >= 0.6 is 0 Å². The Kier molecular flexibility index (Phi) is 5.11. The van der Waals surface area contributed by atoms with Gasteiger partial charge in [0.1, 0.15) is 11.8 Å². The summed E-state index contributed by atoms with van der Waals surface area (Å²) >= 11 is 0. The van der Waals surface area contributed by atoms with E-state index in [-0.39, 0.29) is 18.4 Å². The fourth-order valence-electron chi connectivity index (χ4n) is 2.83. The molecular formula is C19H20N2O3. The summed E-state index contributed by atoms with van der Waals surface area (Å²) in [5.74, 6) is 0.339. The highest BCUT2D eigenvalue weighted by Crippen LogP contribution is 2.20. The van der Waals surface area contributed by atoms with Gasteiger partial charge in [0.15, 0.2) is 6.61 Å². The van der Waals surface area contributed by atoms with Gasteiger partial charge in [0.25, 0.3) is 5.91 Å². The van der Waals surface area contributed by atoms with E-state index in [1.807, 2.05) is 48.5 Å². The minimum absolute atomic E-state index is 0.0564. The summed E-state index contributed by atoms with van der Waals surface area (Å²) in [5.41, 5.74) is 0.738. The normalized spacial score (nSPS) is 16.7. The summed E-state index contributed by atoms with van der Waals surface area (Å²) in [5, 5.41) is 2.87. The third-order valence-electron chi connectivity index (χ3n) is 4.02. The molecule has 3 rings (SSSR count). The van der Waals surface area contributed by atoms with Crippen LogP contribution in [0.15, 0.2) is 60.7 Å². The fraction of sp³-hybridized carbons (Fsp3) is 0.263. The van der Waals surface area contributed by atoms with Gasteiger partial charge in [-0.25, -0.2) is 0 Å². The Morgan fingerprint density at radius 2 is 1.71 bits per heavy atom. The Morgan fingerprint density at radius 3 is 2.42 bits per heavy atom. The molecule has 0 aromatic heterocycles.